The Kier molecular flexibility index (Phi) is 6.97. The molecule has 0 spiro atoms. The van der Waals surface area contributed by atoms with Crippen molar-refractivity contribution < 1.29 is 4.74 Å². The lowest BCUT2D eigenvalue weighted by Gasteiger charge is -2.26. The summed E-state index contributed by atoms with van der Waals surface area (Å²) in [6, 6.07) is 14.7. The molecule has 4 heteroatoms. The van der Waals surface area contributed by atoms with E-state index in [0.717, 1.165) is 31.9 Å². The van der Waals surface area contributed by atoms with Crippen molar-refractivity contribution in [1.29, 1.82) is 0 Å². The zero-order valence-corrected chi connectivity index (χ0v) is 13.8. The molecule has 0 unspecified atom stereocenters. The second-order valence-corrected chi connectivity index (χ2v) is 5.66. The summed E-state index contributed by atoms with van der Waals surface area (Å²) in [5.41, 5.74) is 0. The van der Waals surface area contributed by atoms with E-state index in [4.69, 9.17) is 4.74 Å². The van der Waals surface area contributed by atoms with E-state index < -0.39 is 0 Å². The zero-order chi connectivity index (χ0) is 14.3. The third-order valence-corrected chi connectivity index (χ3v) is 4.07. The molecule has 0 radical (unpaired) electrons. The number of unbranched alkanes of at least 4 members (excludes halogenated alkanes) is 1. The Hall–Kier alpha value is -1.29. The highest BCUT2D eigenvalue weighted by Gasteiger charge is 2.08. The normalized spacial score (nSPS) is 15.5. The number of ether oxygens (including phenoxy) is 1. The molecular weight excluding hydrogens is 296 g/mol. The topological polar surface area (TPSA) is 24.5 Å². The summed E-state index contributed by atoms with van der Waals surface area (Å²) in [6.45, 7) is 6.64. The quantitative estimate of drug-likeness (QED) is 0.826. The molecule has 120 valence electrons. The van der Waals surface area contributed by atoms with Crippen LogP contribution in [0.4, 0.5) is 0 Å². The average Bonchev–Trinajstić information content (AvgIpc) is 2.55. The minimum atomic E-state index is 0. The minimum absolute atomic E-state index is 0. The van der Waals surface area contributed by atoms with Crippen LogP contribution in [0.1, 0.15) is 12.8 Å². The van der Waals surface area contributed by atoms with E-state index in [1.165, 1.54) is 36.8 Å². The number of hydrogen-bond acceptors (Lipinski definition) is 3. The van der Waals surface area contributed by atoms with Gasteiger partial charge in [-0.1, -0.05) is 30.3 Å². The number of fused-ring (bicyclic) bond motifs is 1. The fraction of sp³-hybridized carbons (Fsp3) is 0.444. The van der Waals surface area contributed by atoms with Crippen molar-refractivity contribution in [3.05, 3.63) is 42.5 Å². The van der Waals surface area contributed by atoms with E-state index in [0.29, 0.717) is 0 Å². The van der Waals surface area contributed by atoms with Gasteiger partial charge in [-0.25, -0.2) is 0 Å². The summed E-state index contributed by atoms with van der Waals surface area (Å²) in [4.78, 5) is 2.53. The van der Waals surface area contributed by atoms with Crippen molar-refractivity contribution in [2.75, 3.05) is 39.3 Å². The Morgan fingerprint density at radius 3 is 2.55 bits per heavy atom. The van der Waals surface area contributed by atoms with Gasteiger partial charge in [0.1, 0.15) is 5.75 Å². The second kappa shape index (κ2) is 8.99. The predicted octanol–water partition coefficient (Wildman–Crippen LogP) is 3.33. The molecule has 0 aromatic heterocycles. The third-order valence-electron chi connectivity index (χ3n) is 4.07. The van der Waals surface area contributed by atoms with Crippen LogP contribution < -0.4 is 10.1 Å². The first-order valence-corrected chi connectivity index (χ1v) is 7.96. The number of hydrogen-bond donors (Lipinski definition) is 1. The van der Waals surface area contributed by atoms with Gasteiger partial charge in [0.15, 0.2) is 0 Å². The standard InChI is InChI=1S/C18H24N2O.ClH/c1-2-6-17-15-18(8-7-16(17)5-1)21-14-4-3-11-20-12-9-19-10-13-20;/h1-2,5-8,15,19H,3-4,9-14H2;1H. The molecule has 0 bridgehead atoms. The molecule has 2 aromatic carbocycles. The molecule has 0 atom stereocenters. The van der Waals surface area contributed by atoms with Gasteiger partial charge < -0.3 is 15.0 Å². The van der Waals surface area contributed by atoms with Crippen LogP contribution in [0.3, 0.4) is 0 Å². The van der Waals surface area contributed by atoms with Crippen molar-refractivity contribution in [3.8, 4) is 5.75 Å². The molecule has 1 saturated heterocycles. The van der Waals surface area contributed by atoms with Gasteiger partial charge in [-0.2, -0.15) is 0 Å². The molecule has 1 N–H and O–H groups in total. The van der Waals surface area contributed by atoms with Gasteiger partial charge in [-0.05, 0) is 42.3 Å². The Morgan fingerprint density at radius 2 is 1.73 bits per heavy atom. The van der Waals surface area contributed by atoms with Crippen LogP contribution in [-0.4, -0.2) is 44.2 Å². The first-order chi connectivity index (χ1) is 10.4. The van der Waals surface area contributed by atoms with Crippen molar-refractivity contribution in [1.82, 2.24) is 10.2 Å². The van der Waals surface area contributed by atoms with E-state index in [1.54, 1.807) is 0 Å². The lowest BCUT2D eigenvalue weighted by molar-refractivity contribution is 0.226. The smallest absolute Gasteiger partial charge is 0.119 e. The van der Waals surface area contributed by atoms with Crippen LogP contribution in [0.2, 0.25) is 0 Å². The molecule has 1 aliphatic rings. The number of piperazine rings is 1. The number of nitrogens with one attached hydrogen (secondary N) is 1. The van der Waals surface area contributed by atoms with E-state index in [-0.39, 0.29) is 12.4 Å². The number of nitrogens with zero attached hydrogens (tertiary/aromatic N) is 1. The minimum Gasteiger partial charge on any atom is -0.494 e. The summed E-state index contributed by atoms with van der Waals surface area (Å²) in [5, 5.41) is 5.90. The first kappa shape index (κ1) is 17.1. The van der Waals surface area contributed by atoms with Crippen molar-refractivity contribution in [2.45, 2.75) is 12.8 Å². The van der Waals surface area contributed by atoms with Gasteiger partial charge in [0.25, 0.3) is 0 Å². The van der Waals surface area contributed by atoms with Crippen LogP contribution in [0.5, 0.6) is 5.75 Å². The maximum atomic E-state index is 5.87. The molecule has 3 nitrogen and oxygen atoms in total. The second-order valence-electron chi connectivity index (χ2n) is 5.66. The Labute approximate surface area is 139 Å². The van der Waals surface area contributed by atoms with Crippen molar-refractivity contribution in [2.24, 2.45) is 0 Å². The maximum Gasteiger partial charge on any atom is 0.119 e. The van der Waals surface area contributed by atoms with Crippen molar-refractivity contribution in [3.63, 3.8) is 0 Å². The molecule has 2 aromatic rings. The summed E-state index contributed by atoms with van der Waals surface area (Å²) in [6.07, 6.45) is 2.34. The summed E-state index contributed by atoms with van der Waals surface area (Å²) in [5.74, 6) is 0.982. The lowest BCUT2D eigenvalue weighted by Crippen LogP contribution is -2.43. The summed E-state index contributed by atoms with van der Waals surface area (Å²) < 4.78 is 5.87. The van der Waals surface area contributed by atoms with Gasteiger partial charge in [-0.3, -0.25) is 0 Å². The zero-order valence-electron chi connectivity index (χ0n) is 13.0. The molecule has 22 heavy (non-hydrogen) atoms. The SMILES string of the molecule is Cl.c1ccc2cc(OCCCCN3CCNCC3)ccc2c1. The lowest BCUT2D eigenvalue weighted by atomic mass is 10.1. The third kappa shape index (κ3) is 4.87. The monoisotopic (exact) mass is 320 g/mol. The van der Waals surface area contributed by atoms with Crippen molar-refractivity contribution >= 4 is 23.2 Å². The molecule has 1 fully saturated rings. The fourth-order valence-electron chi connectivity index (χ4n) is 2.82. The van der Waals surface area contributed by atoms with Gasteiger partial charge in [-0.15, -0.1) is 12.4 Å². The van der Waals surface area contributed by atoms with Crippen LogP contribution in [0, 0.1) is 0 Å². The molecule has 0 aliphatic carbocycles. The molecule has 3 rings (SSSR count). The molecule has 1 heterocycles. The largest absolute Gasteiger partial charge is 0.494 e. The first-order valence-electron chi connectivity index (χ1n) is 7.96. The number of benzene rings is 2. The Morgan fingerprint density at radius 1 is 0.955 bits per heavy atom. The maximum absolute atomic E-state index is 5.87. The summed E-state index contributed by atoms with van der Waals surface area (Å²) in [7, 11) is 0. The molecular formula is C18H25ClN2O. The Balaban J connectivity index is 0.00000176. The van der Waals surface area contributed by atoms with E-state index in [1.807, 2.05) is 0 Å². The number of rotatable bonds is 6. The van der Waals surface area contributed by atoms with E-state index in [2.05, 4.69) is 52.7 Å². The predicted molar refractivity (Wildman–Crippen MR) is 95.2 cm³/mol. The van der Waals surface area contributed by atoms with Crippen LogP contribution in [0.15, 0.2) is 42.5 Å². The Bertz CT molecular complexity index is 570. The van der Waals surface area contributed by atoms with Gasteiger partial charge in [0, 0.05) is 26.2 Å². The van der Waals surface area contributed by atoms with Gasteiger partial charge in [0.05, 0.1) is 6.61 Å². The van der Waals surface area contributed by atoms with Crippen LogP contribution in [-0.2, 0) is 0 Å². The molecule has 0 amide bonds. The van der Waals surface area contributed by atoms with Crippen LogP contribution >= 0.6 is 12.4 Å². The fourth-order valence-corrected chi connectivity index (χ4v) is 2.82. The molecule has 0 saturated carbocycles. The highest BCUT2D eigenvalue weighted by atomic mass is 35.5. The summed E-state index contributed by atoms with van der Waals surface area (Å²) >= 11 is 0. The average molecular weight is 321 g/mol. The van der Waals surface area contributed by atoms with E-state index in [9.17, 15) is 0 Å². The van der Waals surface area contributed by atoms with Gasteiger partial charge >= 0.3 is 0 Å². The number of halogens is 1. The van der Waals surface area contributed by atoms with E-state index >= 15 is 0 Å². The van der Waals surface area contributed by atoms with Gasteiger partial charge in [0.2, 0.25) is 0 Å². The highest BCUT2D eigenvalue weighted by Crippen LogP contribution is 2.20. The highest BCUT2D eigenvalue weighted by molar-refractivity contribution is 5.85. The molecule has 1 aliphatic heterocycles. The van der Waals surface area contributed by atoms with Crippen LogP contribution in [0.25, 0.3) is 10.8 Å².